The van der Waals surface area contributed by atoms with Gasteiger partial charge in [0.2, 0.25) is 21.8 Å². The van der Waals surface area contributed by atoms with E-state index in [0.29, 0.717) is 5.69 Å². The summed E-state index contributed by atoms with van der Waals surface area (Å²) in [7, 11) is -3.83. The van der Waals surface area contributed by atoms with Crippen molar-refractivity contribution in [3.8, 4) is 0 Å². The summed E-state index contributed by atoms with van der Waals surface area (Å²) in [4.78, 5) is 26.7. The number of hydrogen-bond donors (Lipinski definition) is 1. The number of fused-ring (bicyclic) bond motifs is 1. The van der Waals surface area contributed by atoms with Crippen molar-refractivity contribution in [2.75, 3.05) is 31.5 Å². The molecule has 0 spiro atoms. The van der Waals surface area contributed by atoms with Crippen molar-refractivity contribution in [3.05, 3.63) is 58.1 Å². The molecule has 2 aromatic rings. The van der Waals surface area contributed by atoms with Gasteiger partial charge in [-0.1, -0.05) is 47.5 Å². The number of para-hydroxylation sites is 1. The molecule has 0 unspecified atom stereocenters. The molecule has 2 amide bonds. The Labute approximate surface area is 184 Å². The molecule has 1 N–H and O–H groups in total. The van der Waals surface area contributed by atoms with E-state index >= 15 is 0 Å². The second kappa shape index (κ2) is 8.19. The molecule has 1 saturated heterocycles. The molecule has 0 aromatic heterocycles. The highest BCUT2D eigenvalue weighted by Crippen LogP contribution is 2.34. The SMILES string of the molecule is O=C1C[C@H](C(=O)N2CCN(S(=O)(=O)c3cccc(Cl)c3Cl)CC2)c2ccccc2N1. The predicted octanol–water partition coefficient (Wildman–Crippen LogP) is 2.95. The molecular formula is C20H19Cl2N3O4S. The molecule has 2 heterocycles. The Bertz CT molecular complexity index is 1110. The zero-order valence-electron chi connectivity index (χ0n) is 15.8. The predicted molar refractivity (Wildman–Crippen MR) is 114 cm³/mol. The van der Waals surface area contributed by atoms with Crippen molar-refractivity contribution in [2.24, 2.45) is 0 Å². The van der Waals surface area contributed by atoms with Crippen molar-refractivity contribution in [1.82, 2.24) is 9.21 Å². The Morgan fingerprint density at radius 3 is 2.43 bits per heavy atom. The lowest BCUT2D eigenvalue weighted by Gasteiger charge is -2.37. The molecule has 0 bridgehead atoms. The van der Waals surface area contributed by atoms with Crippen LogP contribution in [0, 0.1) is 0 Å². The number of amides is 2. The van der Waals surface area contributed by atoms with E-state index in [1.165, 1.54) is 22.5 Å². The molecule has 158 valence electrons. The molecule has 10 heteroatoms. The fourth-order valence-electron chi connectivity index (χ4n) is 3.82. The molecule has 1 fully saturated rings. The first-order valence-electron chi connectivity index (χ1n) is 9.41. The number of carbonyl (C=O) groups excluding carboxylic acids is 2. The van der Waals surface area contributed by atoms with E-state index < -0.39 is 15.9 Å². The van der Waals surface area contributed by atoms with Crippen molar-refractivity contribution < 1.29 is 18.0 Å². The summed E-state index contributed by atoms with van der Waals surface area (Å²) in [6.45, 7) is 0.738. The molecule has 0 radical (unpaired) electrons. The molecule has 1 atom stereocenters. The summed E-state index contributed by atoms with van der Waals surface area (Å²) in [5, 5.41) is 2.94. The fourth-order valence-corrected chi connectivity index (χ4v) is 5.98. The van der Waals surface area contributed by atoms with Crippen molar-refractivity contribution in [3.63, 3.8) is 0 Å². The first kappa shape index (κ1) is 21.1. The Morgan fingerprint density at radius 2 is 1.70 bits per heavy atom. The quantitative estimate of drug-likeness (QED) is 0.751. The average molecular weight is 468 g/mol. The number of rotatable bonds is 3. The van der Waals surface area contributed by atoms with Gasteiger partial charge in [-0.25, -0.2) is 8.42 Å². The summed E-state index contributed by atoms with van der Waals surface area (Å²) >= 11 is 12.1. The highest BCUT2D eigenvalue weighted by molar-refractivity contribution is 7.89. The number of nitrogens with zero attached hydrogens (tertiary/aromatic N) is 2. The van der Waals surface area contributed by atoms with Crippen LogP contribution in [0.15, 0.2) is 47.4 Å². The number of benzene rings is 2. The van der Waals surface area contributed by atoms with Crippen molar-refractivity contribution >= 4 is 50.7 Å². The van der Waals surface area contributed by atoms with Gasteiger partial charge in [-0.2, -0.15) is 4.31 Å². The Balaban J connectivity index is 1.49. The lowest BCUT2D eigenvalue weighted by molar-refractivity contribution is -0.136. The second-order valence-electron chi connectivity index (χ2n) is 7.17. The number of anilines is 1. The van der Waals surface area contributed by atoms with Crippen LogP contribution in [-0.2, 0) is 19.6 Å². The maximum Gasteiger partial charge on any atom is 0.244 e. The molecule has 30 heavy (non-hydrogen) atoms. The zero-order valence-corrected chi connectivity index (χ0v) is 18.2. The van der Waals surface area contributed by atoms with Crippen LogP contribution in [0.4, 0.5) is 5.69 Å². The van der Waals surface area contributed by atoms with Gasteiger partial charge in [0, 0.05) is 38.3 Å². The average Bonchev–Trinajstić information content (AvgIpc) is 2.74. The molecule has 0 saturated carbocycles. The normalized spacial score (nSPS) is 19.9. The van der Waals surface area contributed by atoms with Crippen molar-refractivity contribution in [1.29, 1.82) is 0 Å². The molecular weight excluding hydrogens is 449 g/mol. The summed E-state index contributed by atoms with van der Waals surface area (Å²) in [6, 6.07) is 11.7. The van der Waals surface area contributed by atoms with E-state index in [4.69, 9.17) is 23.2 Å². The van der Waals surface area contributed by atoms with Gasteiger partial charge < -0.3 is 10.2 Å². The first-order valence-corrected chi connectivity index (χ1v) is 11.6. The van der Waals surface area contributed by atoms with Gasteiger partial charge in [-0.15, -0.1) is 0 Å². The Morgan fingerprint density at radius 1 is 1.00 bits per heavy atom. The number of nitrogens with one attached hydrogen (secondary N) is 1. The lowest BCUT2D eigenvalue weighted by atomic mass is 9.89. The summed E-state index contributed by atoms with van der Waals surface area (Å²) < 4.78 is 27.2. The Kier molecular flexibility index (Phi) is 5.76. The van der Waals surface area contributed by atoms with E-state index in [0.717, 1.165) is 5.56 Å². The van der Waals surface area contributed by atoms with Crippen LogP contribution in [-0.4, -0.2) is 55.6 Å². The summed E-state index contributed by atoms with van der Waals surface area (Å²) in [5.74, 6) is -0.945. The third-order valence-corrected chi connectivity index (χ3v) is 8.25. The van der Waals surface area contributed by atoms with Crippen LogP contribution in [0.2, 0.25) is 10.0 Å². The second-order valence-corrected chi connectivity index (χ2v) is 9.86. The van der Waals surface area contributed by atoms with Crippen LogP contribution >= 0.6 is 23.2 Å². The monoisotopic (exact) mass is 467 g/mol. The maximum atomic E-state index is 13.1. The highest BCUT2D eigenvalue weighted by Gasteiger charge is 2.37. The minimum absolute atomic E-state index is 0.0116. The third-order valence-electron chi connectivity index (χ3n) is 5.38. The van der Waals surface area contributed by atoms with Crippen LogP contribution in [0.1, 0.15) is 17.9 Å². The van der Waals surface area contributed by atoms with Gasteiger partial charge in [0.15, 0.2) is 0 Å². The summed E-state index contributed by atoms with van der Waals surface area (Å²) in [5.41, 5.74) is 1.42. The minimum Gasteiger partial charge on any atom is -0.340 e. The van der Waals surface area contributed by atoms with E-state index in [-0.39, 0.29) is 59.4 Å². The van der Waals surface area contributed by atoms with E-state index in [1.54, 1.807) is 17.0 Å². The van der Waals surface area contributed by atoms with Gasteiger partial charge in [-0.3, -0.25) is 9.59 Å². The zero-order chi connectivity index (χ0) is 21.5. The molecule has 4 rings (SSSR count). The number of piperazine rings is 1. The fraction of sp³-hybridized carbons (Fsp3) is 0.300. The maximum absolute atomic E-state index is 13.1. The van der Waals surface area contributed by atoms with Gasteiger partial charge in [0.1, 0.15) is 4.90 Å². The van der Waals surface area contributed by atoms with Crippen LogP contribution < -0.4 is 5.32 Å². The number of carbonyl (C=O) groups is 2. The van der Waals surface area contributed by atoms with Crippen molar-refractivity contribution in [2.45, 2.75) is 17.2 Å². The topological polar surface area (TPSA) is 86.8 Å². The molecule has 2 aliphatic heterocycles. The lowest BCUT2D eigenvalue weighted by Crippen LogP contribution is -2.52. The van der Waals surface area contributed by atoms with Gasteiger partial charge in [0.25, 0.3) is 0 Å². The molecule has 0 aliphatic carbocycles. The smallest absolute Gasteiger partial charge is 0.244 e. The number of hydrogen-bond acceptors (Lipinski definition) is 4. The van der Waals surface area contributed by atoms with Crippen LogP contribution in [0.3, 0.4) is 0 Å². The van der Waals surface area contributed by atoms with E-state index in [9.17, 15) is 18.0 Å². The van der Waals surface area contributed by atoms with Gasteiger partial charge >= 0.3 is 0 Å². The highest BCUT2D eigenvalue weighted by atomic mass is 35.5. The Hall–Kier alpha value is -2.13. The largest absolute Gasteiger partial charge is 0.340 e. The molecule has 7 nitrogen and oxygen atoms in total. The standard InChI is InChI=1S/C20H19Cl2N3O4S/c21-15-5-3-7-17(19(15)22)30(28,29)25-10-8-24(9-11-25)20(27)14-12-18(26)23-16-6-2-1-4-13(14)16/h1-7,14H,8-12H2,(H,23,26)/t14-/m0/s1. The number of sulfonamides is 1. The van der Waals surface area contributed by atoms with Gasteiger partial charge in [-0.05, 0) is 23.8 Å². The van der Waals surface area contributed by atoms with Crippen LogP contribution in [0.25, 0.3) is 0 Å². The first-order chi connectivity index (χ1) is 14.3. The van der Waals surface area contributed by atoms with Crippen LogP contribution in [0.5, 0.6) is 0 Å². The van der Waals surface area contributed by atoms with Gasteiger partial charge in [0.05, 0.1) is 16.0 Å². The molecule has 2 aliphatic rings. The number of halogens is 2. The summed E-state index contributed by atoms with van der Waals surface area (Å²) in [6.07, 6.45) is 0.0759. The molecule has 2 aromatic carbocycles. The van der Waals surface area contributed by atoms with E-state index in [1.807, 2.05) is 12.1 Å². The third kappa shape index (κ3) is 3.80. The van der Waals surface area contributed by atoms with E-state index in [2.05, 4.69) is 5.32 Å². The minimum atomic E-state index is -3.83.